The number of anilines is 1. The molecule has 4 aromatic rings. The second-order valence-electron chi connectivity index (χ2n) is 9.25. The molecule has 0 saturated heterocycles. The third-order valence-electron chi connectivity index (χ3n) is 6.48. The van der Waals surface area contributed by atoms with Crippen LogP contribution in [0, 0.1) is 0 Å². The molecule has 0 saturated carbocycles. The van der Waals surface area contributed by atoms with E-state index in [1.54, 1.807) is 53.4 Å². The van der Waals surface area contributed by atoms with Crippen LogP contribution in [0.25, 0.3) is 0 Å². The number of benzene rings is 4. The molecule has 0 spiro atoms. The molecule has 38 heavy (non-hydrogen) atoms. The van der Waals surface area contributed by atoms with Crippen LogP contribution in [0.3, 0.4) is 0 Å². The van der Waals surface area contributed by atoms with E-state index in [4.69, 9.17) is 0 Å². The molecule has 4 aromatic carbocycles. The fourth-order valence-corrected chi connectivity index (χ4v) is 4.38. The zero-order chi connectivity index (χ0) is 26.8. The normalized spacial score (nSPS) is 12.1. The van der Waals surface area contributed by atoms with Gasteiger partial charge in [0.2, 0.25) is 6.41 Å². The molecular weight excluding hydrogens is 474 g/mol. The molecule has 1 atom stereocenters. The Kier molecular flexibility index (Phi) is 8.67. The smallest absolute Gasteiger partial charge is 0.252 e. The third kappa shape index (κ3) is 6.53. The van der Waals surface area contributed by atoms with E-state index >= 15 is 0 Å². The number of para-hydroxylation sites is 1. The van der Waals surface area contributed by atoms with Crippen molar-refractivity contribution < 1.29 is 14.4 Å². The summed E-state index contributed by atoms with van der Waals surface area (Å²) < 4.78 is 0. The first kappa shape index (κ1) is 26.4. The van der Waals surface area contributed by atoms with Crippen LogP contribution in [-0.4, -0.2) is 31.3 Å². The Morgan fingerprint density at radius 1 is 0.737 bits per heavy atom. The number of carbonyl (C=O) groups is 3. The van der Waals surface area contributed by atoms with E-state index in [9.17, 15) is 14.4 Å². The lowest BCUT2D eigenvalue weighted by atomic mass is 9.89. The van der Waals surface area contributed by atoms with Crippen molar-refractivity contribution in [2.75, 3.05) is 18.0 Å². The van der Waals surface area contributed by atoms with Gasteiger partial charge in [0.1, 0.15) is 0 Å². The standard InChI is InChI=1S/C32H31N3O3/c1-32(34-31(38)27-17-9-4-10-18-27,23-33-30(37)26-15-7-3-8-16-26)28-19-11-12-20-29(28)35(24-36)22-21-25-13-5-2-6-14-25/h2-20,24H,21-23H2,1H3,(H,33,37)(H,34,38). The van der Waals surface area contributed by atoms with Crippen molar-refractivity contribution >= 4 is 23.9 Å². The lowest BCUT2D eigenvalue weighted by Crippen LogP contribution is -2.52. The molecule has 0 aliphatic carbocycles. The van der Waals surface area contributed by atoms with E-state index in [1.807, 2.05) is 73.7 Å². The molecule has 6 nitrogen and oxygen atoms in total. The van der Waals surface area contributed by atoms with Gasteiger partial charge in [0.15, 0.2) is 0 Å². The average Bonchev–Trinajstić information content (AvgIpc) is 2.98. The summed E-state index contributed by atoms with van der Waals surface area (Å²) in [7, 11) is 0. The highest BCUT2D eigenvalue weighted by Crippen LogP contribution is 2.31. The Hall–Kier alpha value is -4.71. The Labute approximate surface area is 223 Å². The minimum Gasteiger partial charge on any atom is -0.349 e. The van der Waals surface area contributed by atoms with E-state index in [1.165, 1.54) is 0 Å². The second kappa shape index (κ2) is 12.5. The zero-order valence-electron chi connectivity index (χ0n) is 21.3. The average molecular weight is 506 g/mol. The largest absolute Gasteiger partial charge is 0.349 e. The Morgan fingerprint density at radius 2 is 1.26 bits per heavy atom. The van der Waals surface area contributed by atoms with E-state index < -0.39 is 5.54 Å². The topological polar surface area (TPSA) is 78.5 Å². The van der Waals surface area contributed by atoms with Gasteiger partial charge in [-0.2, -0.15) is 0 Å². The Balaban J connectivity index is 1.65. The summed E-state index contributed by atoms with van der Waals surface area (Å²) in [4.78, 5) is 40.1. The van der Waals surface area contributed by atoms with Crippen molar-refractivity contribution in [1.29, 1.82) is 0 Å². The van der Waals surface area contributed by atoms with Crippen LogP contribution in [0.4, 0.5) is 5.69 Å². The lowest BCUT2D eigenvalue weighted by Gasteiger charge is -2.35. The molecule has 0 aliphatic heterocycles. The molecule has 3 amide bonds. The fraction of sp³-hybridized carbons (Fsp3) is 0.156. The van der Waals surface area contributed by atoms with Crippen molar-refractivity contribution in [2.24, 2.45) is 0 Å². The highest BCUT2D eigenvalue weighted by atomic mass is 16.2. The first-order valence-electron chi connectivity index (χ1n) is 12.6. The summed E-state index contributed by atoms with van der Waals surface area (Å²) >= 11 is 0. The van der Waals surface area contributed by atoms with Gasteiger partial charge in [0.05, 0.1) is 5.54 Å². The van der Waals surface area contributed by atoms with Gasteiger partial charge in [-0.1, -0.05) is 84.9 Å². The Bertz CT molecular complexity index is 1360. The third-order valence-corrected chi connectivity index (χ3v) is 6.48. The van der Waals surface area contributed by atoms with Crippen LogP contribution >= 0.6 is 0 Å². The minimum atomic E-state index is -1.03. The predicted molar refractivity (Wildman–Crippen MR) is 150 cm³/mol. The number of nitrogens with one attached hydrogen (secondary N) is 2. The summed E-state index contributed by atoms with van der Waals surface area (Å²) in [6.07, 6.45) is 1.48. The van der Waals surface area contributed by atoms with Gasteiger partial charge in [-0.3, -0.25) is 14.4 Å². The molecule has 0 aromatic heterocycles. The van der Waals surface area contributed by atoms with E-state index in [2.05, 4.69) is 10.6 Å². The molecule has 0 fully saturated rings. The van der Waals surface area contributed by atoms with Crippen molar-refractivity contribution in [3.63, 3.8) is 0 Å². The van der Waals surface area contributed by atoms with Crippen LogP contribution in [-0.2, 0) is 16.8 Å². The highest BCUT2D eigenvalue weighted by molar-refractivity contribution is 5.96. The summed E-state index contributed by atoms with van der Waals surface area (Å²) in [5.41, 5.74) is 2.51. The number of rotatable bonds is 11. The van der Waals surface area contributed by atoms with Gasteiger partial charge in [-0.25, -0.2) is 0 Å². The van der Waals surface area contributed by atoms with Crippen LogP contribution in [0.5, 0.6) is 0 Å². The summed E-state index contributed by atoms with van der Waals surface area (Å²) in [5, 5.41) is 6.11. The molecule has 0 bridgehead atoms. The molecular formula is C32H31N3O3. The SMILES string of the molecule is CC(CNC(=O)c1ccccc1)(NC(=O)c1ccccc1)c1ccccc1N(C=O)CCc1ccccc1. The van der Waals surface area contributed by atoms with E-state index in [-0.39, 0.29) is 18.4 Å². The summed E-state index contributed by atoms with van der Waals surface area (Å²) in [5.74, 6) is -0.529. The van der Waals surface area contributed by atoms with E-state index in [0.29, 0.717) is 29.8 Å². The van der Waals surface area contributed by atoms with Crippen LogP contribution in [0.2, 0.25) is 0 Å². The number of hydrogen-bond donors (Lipinski definition) is 2. The van der Waals surface area contributed by atoms with Gasteiger partial charge in [-0.15, -0.1) is 0 Å². The predicted octanol–water partition coefficient (Wildman–Crippen LogP) is 4.97. The van der Waals surface area contributed by atoms with Gasteiger partial charge in [-0.05, 0) is 49.2 Å². The first-order chi connectivity index (χ1) is 18.5. The monoisotopic (exact) mass is 505 g/mol. The van der Waals surface area contributed by atoms with Crippen molar-refractivity contribution in [3.05, 3.63) is 138 Å². The van der Waals surface area contributed by atoms with E-state index in [0.717, 1.165) is 17.5 Å². The second-order valence-corrected chi connectivity index (χ2v) is 9.25. The minimum absolute atomic E-state index is 0.113. The van der Waals surface area contributed by atoms with Crippen molar-refractivity contribution in [2.45, 2.75) is 18.9 Å². The maximum atomic E-state index is 13.3. The van der Waals surface area contributed by atoms with Gasteiger partial charge in [0, 0.05) is 35.5 Å². The highest BCUT2D eigenvalue weighted by Gasteiger charge is 2.33. The molecule has 4 rings (SSSR count). The molecule has 192 valence electrons. The summed E-state index contributed by atoms with van der Waals surface area (Å²) in [6, 6.07) is 35.3. The Morgan fingerprint density at radius 3 is 1.87 bits per heavy atom. The van der Waals surface area contributed by atoms with Gasteiger partial charge >= 0.3 is 0 Å². The molecule has 0 aliphatic rings. The van der Waals surface area contributed by atoms with Crippen molar-refractivity contribution in [3.8, 4) is 0 Å². The van der Waals surface area contributed by atoms with Crippen LogP contribution in [0.15, 0.2) is 115 Å². The lowest BCUT2D eigenvalue weighted by molar-refractivity contribution is -0.107. The molecule has 0 heterocycles. The number of amides is 3. The first-order valence-corrected chi connectivity index (χ1v) is 12.6. The van der Waals surface area contributed by atoms with Crippen LogP contribution in [0.1, 0.15) is 38.8 Å². The summed E-state index contributed by atoms with van der Waals surface area (Å²) in [6.45, 7) is 2.43. The van der Waals surface area contributed by atoms with Crippen molar-refractivity contribution in [1.82, 2.24) is 10.6 Å². The molecule has 6 heteroatoms. The number of hydrogen-bond acceptors (Lipinski definition) is 3. The fourth-order valence-electron chi connectivity index (χ4n) is 4.38. The van der Waals surface area contributed by atoms with Crippen LogP contribution < -0.4 is 15.5 Å². The van der Waals surface area contributed by atoms with Gasteiger partial charge < -0.3 is 15.5 Å². The maximum absolute atomic E-state index is 13.3. The number of carbonyl (C=O) groups excluding carboxylic acids is 3. The maximum Gasteiger partial charge on any atom is 0.252 e. The zero-order valence-corrected chi connectivity index (χ0v) is 21.3. The molecule has 0 radical (unpaired) electrons. The van der Waals surface area contributed by atoms with Gasteiger partial charge in [0.25, 0.3) is 11.8 Å². The quantitative estimate of drug-likeness (QED) is 0.283. The number of nitrogens with zero attached hydrogens (tertiary/aromatic N) is 1. The molecule has 1 unspecified atom stereocenters. The molecule has 2 N–H and O–H groups in total.